The molecule has 0 atom stereocenters. The van der Waals surface area contributed by atoms with Crippen LogP contribution in [0.4, 0.5) is 8.78 Å². The van der Waals surface area contributed by atoms with E-state index in [1.807, 2.05) is 18.1 Å². The summed E-state index contributed by atoms with van der Waals surface area (Å²) in [6.45, 7) is 1.10. The first-order valence-electron chi connectivity index (χ1n) is 5.35. The molecular weight excluding hydrogens is 304 g/mol. The summed E-state index contributed by atoms with van der Waals surface area (Å²) >= 11 is 3.31. The molecule has 0 unspecified atom stereocenters. The number of aromatic nitrogens is 2. The highest BCUT2D eigenvalue weighted by Gasteiger charge is 2.06. The van der Waals surface area contributed by atoms with Crippen molar-refractivity contribution < 1.29 is 8.78 Å². The molecule has 18 heavy (non-hydrogen) atoms. The van der Waals surface area contributed by atoms with Crippen LogP contribution in [0.1, 0.15) is 5.56 Å². The van der Waals surface area contributed by atoms with Gasteiger partial charge in [0.15, 0.2) is 11.6 Å². The first-order chi connectivity index (χ1) is 8.54. The van der Waals surface area contributed by atoms with Crippen LogP contribution >= 0.6 is 15.9 Å². The van der Waals surface area contributed by atoms with Gasteiger partial charge in [0.2, 0.25) is 0 Å². The first-order valence-corrected chi connectivity index (χ1v) is 6.14. The highest BCUT2D eigenvalue weighted by molar-refractivity contribution is 9.10. The van der Waals surface area contributed by atoms with Crippen molar-refractivity contribution in [3.8, 4) is 0 Å². The molecule has 0 spiro atoms. The molecule has 1 aromatic carbocycles. The molecule has 0 aliphatic rings. The summed E-state index contributed by atoms with van der Waals surface area (Å²) in [7, 11) is 1.89. The van der Waals surface area contributed by atoms with Gasteiger partial charge < -0.3 is 0 Å². The molecule has 2 rings (SSSR count). The third-order valence-corrected chi connectivity index (χ3v) is 2.83. The molecule has 0 N–H and O–H groups in total. The Hall–Kier alpha value is -1.27. The van der Waals surface area contributed by atoms with E-state index in [0.29, 0.717) is 13.2 Å². The molecule has 6 heteroatoms. The summed E-state index contributed by atoms with van der Waals surface area (Å²) in [5.74, 6) is -1.64. The molecule has 0 saturated heterocycles. The zero-order valence-electron chi connectivity index (χ0n) is 9.78. The van der Waals surface area contributed by atoms with E-state index in [2.05, 4.69) is 21.0 Å². The SMILES string of the molecule is CN(Cc1ccc(F)c(F)c1)Cn1cc(Br)cn1. The van der Waals surface area contributed by atoms with Gasteiger partial charge in [0.05, 0.1) is 17.3 Å². The van der Waals surface area contributed by atoms with Crippen molar-refractivity contribution in [1.29, 1.82) is 0 Å². The van der Waals surface area contributed by atoms with Gasteiger partial charge in [-0.05, 0) is 40.7 Å². The van der Waals surface area contributed by atoms with E-state index in [-0.39, 0.29) is 0 Å². The van der Waals surface area contributed by atoms with Gasteiger partial charge in [0.25, 0.3) is 0 Å². The Morgan fingerprint density at radius 2 is 2.11 bits per heavy atom. The quantitative estimate of drug-likeness (QED) is 0.864. The van der Waals surface area contributed by atoms with Crippen molar-refractivity contribution >= 4 is 15.9 Å². The van der Waals surface area contributed by atoms with Crippen LogP contribution in [0.25, 0.3) is 0 Å². The van der Waals surface area contributed by atoms with E-state index in [1.54, 1.807) is 16.9 Å². The molecule has 1 heterocycles. The highest BCUT2D eigenvalue weighted by atomic mass is 79.9. The van der Waals surface area contributed by atoms with Crippen molar-refractivity contribution in [3.05, 3.63) is 52.3 Å². The zero-order valence-corrected chi connectivity index (χ0v) is 11.4. The number of nitrogens with zero attached hydrogens (tertiary/aromatic N) is 3. The average Bonchev–Trinajstić information content (AvgIpc) is 2.69. The van der Waals surface area contributed by atoms with Gasteiger partial charge in [-0.25, -0.2) is 8.78 Å². The van der Waals surface area contributed by atoms with E-state index < -0.39 is 11.6 Å². The van der Waals surface area contributed by atoms with Gasteiger partial charge in [-0.3, -0.25) is 9.58 Å². The van der Waals surface area contributed by atoms with Crippen LogP contribution in [0.5, 0.6) is 0 Å². The number of benzene rings is 1. The van der Waals surface area contributed by atoms with Gasteiger partial charge >= 0.3 is 0 Å². The molecule has 0 amide bonds. The summed E-state index contributed by atoms with van der Waals surface area (Å²) in [5.41, 5.74) is 0.725. The predicted octanol–water partition coefficient (Wildman–Crippen LogP) is 3.01. The fraction of sp³-hybridized carbons (Fsp3) is 0.250. The molecule has 0 saturated carbocycles. The maximum absolute atomic E-state index is 13.0. The molecule has 3 nitrogen and oxygen atoms in total. The zero-order chi connectivity index (χ0) is 13.1. The fourth-order valence-corrected chi connectivity index (χ4v) is 1.99. The van der Waals surface area contributed by atoms with Crippen LogP contribution < -0.4 is 0 Å². The Morgan fingerprint density at radius 1 is 1.33 bits per heavy atom. The van der Waals surface area contributed by atoms with E-state index in [4.69, 9.17) is 0 Å². The molecule has 0 aliphatic carbocycles. The predicted molar refractivity (Wildman–Crippen MR) is 67.8 cm³/mol. The minimum absolute atomic E-state index is 0.522. The van der Waals surface area contributed by atoms with E-state index in [9.17, 15) is 8.78 Å². The van der Waals surface area contributed by atoms with Gasteiger partial charge in [-0.15, -0.1) is 0 Å². The van der Waals surface area contributed by atoms with Gasteiger partial charge in [0.1, 0.15) is 0 Å². The van der Waals surface area contributed by atoms with Crippen LogP contribution in [-0.2, 0) is 13.2 Å². The Balaban J connectivity index is 1.98. The number of hydrogen-bond acceptors (Lipinski definition) is 2. The Bertz CT molecular complexity index is 542. The summed E-state index contributed by atoms with van der Waals surface area (Å²) in [6, 6.07) is 3.93. The normalized spacial score (nSPS) is 11.2. The summed E-state index contributed by atoms with van der Waals surface area (Å²) in [4.78, 5) is 1.95. The smallest absolute Gasteiger partial charge is 0.159 e. The molecule has 96 valence electrons. The lowest BCUT2D eigenvalue weighted by Gasteiger charge is -2.16. The second-order valence-electron chi connectivity index (χ2n) is 4.10. The van der Waals surface area contributed by atoms with E-state index in [1.165, 1.54) is 6.07 Å². The summed E-state index contributed by atoms with van der Waals surface area (Å²) in [6.07, 6.45) is 3.55. The Labute approximate surface area is 112 Å². The standard InChI is InChI=1S/C12H12BrF2N3/c1-17(8-18-7-10(13)5-16-18)6-9-2-3-11(14)12(15)4-9/h2-5,7H,6,8H2,1H3. The molecule has 1 aromatic heterocycles. The molecule has 0 bridgehead atoms. The van der Waals surface area contributed by atoms with Crippen LogP contribution in [0.15, 0.2) is 35.1 Å². The number of rotatable bonds is 4. The van der Waals surface area contributed by atoms with Crippen LogP contribution in [-0.4, -0.2) is 21.7 Å². The second kappa shape index (κ2) is 5.58. The average molecular weight is 316 g/mol. The van der Waals surface area contributed by atoms with Crippen LogP contribution in [0.2, 0.25) is 0 Å². The second-order valence-corrected chi connectivity index (χ2v) is 5.02. The van der Waals surface area contributed by atoms with Crippen LogP contribution in [0.3, 0.4) is 0 Å². The largest absolute Gasteiger partial charge is 0.283 e. The molecule has 0 aliphatic heterocycles. The highest BCUT2D eigenvalue weighted by Crippen LogP contribution is 2.11. The third kappa shape index (κ3) is 3.36. The van der Waals surface area contributed by atoms with Crippen molar-refractivity contribution in [2.75, 3.05) is 7.05 Å². The topological polar surface area (TPSA) is 21.1 Å². The van der Waals surface area contributed by atoms with E-state index in [0.717, 1.165) is 16.1 Å². The van der Waals surface area contributed by atoms with Gasteiger partial charge in [0, 0.05) is 12.7 Å². The minimum Gasteiger partial charge on any atom is -0.283 e. The monoisotopic (exact) mass is 315 g/mol. The molecule has 0 radical (unpaired) electrons. The Kier molecular flexibility index (Phi) is 4.08. The van der Waals surface area contributed by atoms with Crippen molar-refractivity contribution in [3.63, 3.8) is 0 Å². The fourth-order valence-electron chi connectivity index (χ4n) is 1.66. The first kappa shape index (κ1) is 13.2. The number of hydrogen-bond donors (Lipinski definition) is 0. The minimum atomic E-state index is -0.822. The van der Waals surface area contributed by atoms with Crippen molar-refractivity contribution in [2.24, 2.45) is 0 Å². The lowest BCUT2D eigenvalue weighted by Crippen LogP contribution is -2.21. The maximum Gasteiger partial charge on any atom is 0.159 e. The van der Waals surface area contributed by atoms with Crippen molar-refractivity contribution in [2.45, 2.75) is 13.2 Å². The van der Waals surface area contributed by atoms with Gasteiger partial charge in [-0.1, -0.05) is 6.07 Å². The molecule has 0 fully saturated rings. The lowest BCUT2D eigenvalue weighted by atomic mass is 10.2. The van der Waals surface area contributed by atoms with E-state index >= 15 is 0 Å². The lowest BCUT2D eigenvalue weighted by molar-refractivity contribution is 0.246. The van der Waals surface area contributed by atoms with Crippen molar-refractivity contribution in [1.82, 2.24) is 14.7 Å². The summed E-state index contributed by atoms with van der Waals surface area (Å²) < 4.78 is 28.5. The Morgan fingerprint density at radius 3 is 2.72 bits per heavy atom. The number of halogens is 3. The maximum atomic E-state index is 13.0. The van der Waals surface area contributed by atoms with Crippen LogP contribution in [0, 0.1) is 11.6 Å². The molecular formula is C12H12BrF2N3. The third-order valence-electron chi connectivity index (χ3n) is 2.42. The van der Waals surface area contributed by atoms with Gasteiger partial charge in [-0.2, -0.15) is 5.10 Å². The summed E-state index contributed by atoms with van der Waals surface area (Å²) in [5, 5.41) is 4.12. The molecule has 2 aromatic rings.